The van der Waals surface area contributed by atoms with Gasteiger partial charge in [-0.1, -0.05) is 0 Å². The first-order chi connectivity index (χ1) is 6.74. The van der Waals surface area contributed by atoms with E-state index in [1.54, 1.807) is 7.05 Å². The largest absolute Gasteiger partial charge is 0.423 e. The van der Waals surface area contributed by atoms with Crippen molar-refractivity contribution >= 4 is 0 Å². The Hall–Kier alpha value is -1.98. The van der Waals surface area contributed by atoms with E-state index in [-0.39, 0.29) is 6.01 Å². The molecule has 0 amide bonds. The van der Waals surface area contributed by atoms with E-state index in [4.69, 9.17) is 4.74 Å². The molecular formula is C8H7FN4O. The van der Waals surface area contributed by atoms with Crippen molar-refractivity contribution in [3.63, 3.8) is 0 Å². The van der Waals surface area contributed by atoms with Crippen molar-refractivity contribution < 1.29 is 9.13 Å². The molecular weight excluding hydrogens is 187 g/mol. The topological polar surface area (TPSA) is 52.8 Å². The van der Waals surface area contributed by atoms with Crippen molar-refractivity contribution in [1.82, 2.24) is 19.7 Å². The molecule has 0 atom stereocenters. The van der Waals surface area contributed by atoms with Crippen LogP contribution in [0.5, 0.6) is 11.8 Å². The second kappa shape index (κ2) is 3.41. The van der Waals surface area contributed by atoms with Crippen LogP contribution in [0.2, 0.25) is 0 Å². The highest BCUT2D eigenvalue weighted by atomic mass is 19.1. The highest BCUT2D eigenvalue weighted by Gasteiger charge is 2.02. The van der Waals surface area contributed by atoms with E-state index < -0.39 is 5.95 Å². The molecule has 0 aliphatic carbocycles. The van der Waals surface area contributed by atoms with E-state index >= 15 is 0 Å². The van der Waals surface area contributed by atoms with Crippen molar-refractivity contribution in [2.45, 2.75) is 0 Å². The van der Waals surface area contributed by atoms with Crippen LogP contribution in [0.4, 0.5) is 4.39 Å². The molecule has 2 aromatic rings. The van der Waals surface area contributed by atoms with Crippen molar-refractivity contribution in [2.75, 3.05) is 0 Å². The summed E-state index contributed by atoms with van der Waals surface area (Å²) in [7, 11) is 1.72. The molecule has 14 heavy (non-hydrogen) atoms. The van der Waals surface area contributed by atoms with Crippen LogP contribution in [-0.4, -0.2) is 19.7 Å². The van der Waals surface area contributed by atoms with Gasteiger partial charge in [0, 0.05) is 19.3 Å². The van der Waals surface area contributed by atoms with Gasteiger partial charge in [-0.05, 0) is 6.07 Å². The first-order valence-electron chi connectivity index (χ1n) is 3.89. The molecule has 5 nitrogen and oxygen atoms in total. The van der Waals surface area contributed by atoms with Crippen molar-refractivity contribution in [2.24, 2.45) is 7.05 Å². The molecule has 0 N–H and O–H groups in total. The predicted molar refractivity (Wildman–Crippen MR) is 45.3 cm³/mol. The number of halogens is 1. The molecule has 0 spiro atoms. The normalized spacial score (nSPS) is 10.1. The van der Waals surface area contributed by atoms with E-state index in [1.807, 2.05) is 0 Å². The predicted octanol–water partition coefficient (Wildman–Crippen LogP) is 1.14. The van der Waals surface area contributed by atoms with E-state index in [0.29, 0.717) is 5.75 Å². The SMILES string of the molecule is Cn1cnc(Oc2ccnc(F)c2)n1. The van der Waals surface area contributed by atoms with Gasteiger partial charge in [-0.3, -0.25) is 4.68 Å². The number of hydrogen-bond acceptors (Lipinski definition) is 4. The van der Waals surface area contributed by atoms with Crippen molar-refractivity contribution in [3.8, 4) is 11.8 Å². The highest BCUT2D eigenvalue weighted by molar-refractivity contribution is 5.21. The summed E-state index contributed by atoms with van der Waals surface area (Å²) in [6, 6.07) is 2.87. The average Bonchev–Trinajstić information content (AvgIpc) is 2.51. The lowest BCUT2D eigenvalue weighted by molar-refractivity contribution is 0.432. The molecule has 0 aliphatic heterocycles. The second-order valence-electron chi connectivity index (χ2n) is 2.62. The van der Waals surface area contributed by atoms with Crippen LogP contribution < -0.4 is 4.74 Å². The van der Waals surface area contributed by atoms with Gasteiger partial charge in [0.25, 0.3) is 0 Å². The Balaban J connectivity index is 2.18. The number of aryl methyl sites for hydroxylation is 1. The van der Waals surface area contributed by atoms with Crippen LogP contribution in [0.3, 0.4) is 0 Å². The standard InChI is InChI=1S/C8H7FN4O/c1-13-5-11-8(12-13)14-6-2-3-10-7(9)4-6/h2-5H,1H3. The van der Waals surface area contributed by atoms with Gasteiger partial charge < -0.3 is 4.74 Å². The molecule has 0 aromatic carbocycles. The quantitative estimate of drug-likeness (QED) is 0.673. The zero-order valence-electron chi connectivity index (χ0n) is 7.38. The fourth-order valence-electron chi connectivity index (χ4n) is 0.920. The van der Waals surface area contributed by atoms with Gasteiger partial charge >= 0.3 is 6.01 Å². The van der Waals surface area contributed by atoms with E-state index in [1.165, 1.54) is 23.3 Å². The van der Waals surface area contributed by atoms with Crippen LogP contribution >= 0.6 is 0 Å². The minimum atomic E-state index is -0.599. The summed E-state index contributed by atoms with van der Waals surface area (Å²) in [6.45, 7) is 0. The molecule has 2 aromatic heterocycles. The number of nitrogens with zero attached hydrogens (tertiary/aromatic N) is 4. The number of rotatable bonds is 2. The zero-order valence-corrected chi connectivity index (χ0v) is 7.38. The first-order valence-corrected chi connectivity index (χ1v) is 3.89. The van der Waals surface area contributed by atoms with Gasteiger partial charge in [0.1, 0.15) is 12.1 Å². The number of ether oxygens (including phenoxy) is 1. The number of aromatic nitrogens is 4. The Morgan fingerprint density at radius 1 is 1.43 bits per heavy atom. The molecule has 0 aliphatic rings. The molecule has 0 fully saturated rings. The smallest absolute Gasteiger partial charge is 0.340 e. The van der Waals surface area contributed by atoms with E-state index in [9.17, 15) is 4.39 Å². The van der Waals surface area contributed by atoms with Gasteiger partial charge in [0.15, 0.2) is 0 Å². The lowest BCUT2D eigenvalue weighted by Gasteiger charge is -1.98. The van der Waals surface area contributed by atoms with Crippen LogP contribution in [0.1, 0.15) is 0 Å². The van der Waals surface area contributed by atoms with Crippen LogP contribution in [0.15, 0.2) is 24.7 Å². The van der Waals surface area contributed by atoms with E-state index in [2.05, 4.69) is 15.1 Å². The average molecular weight is 194 g/mol. The van der Waals surface area contributed by atoms with Crippen LogP contribution in [-0.2, 0) is 7.05 Å². The summed E-state index contributed by atoms with van der Waals surface area (Å²) in [6.07, 6.45) is 2.81. The number of pyridine rings is 1. The van der Waals surface area contributed by atoms with Gasteiger partial charge in [-0.15, -0.1) is 5.10 Å². The third-order valence-electron chi connectivity index (χ3n) is 1.49. The van der Waals surface area contributed by atoms with Gasteiger partial charge in [0.2, 0.25) is 5.95 Å². The molecule has 72 valence electrons. The maximum Gasteiger partial charge on any atom is 0.340 e. The first kappa shape index (κ1) is 8.61. The molecule has 0 bridgehead atoms. The second-order valence-corrected chi connectivity index (χ2v) is 2.62. The Morgan fingerprint density at radius 2 is 2.29 bits per heavy atom. The monoisotopic (exact) mass is 194 g/mol. The van der Waals surface area contributed by atoms with Gasteiger partial charge in [0.05, 0.1) is 0 Å². The molecule has 2 heterocycles. The Bertz CT molecular complexity index is 442. The lowest BCUT2D eigenvalue weighted by atomic mass is 10.4. The fraction of sp³-hybridized carbons (Fsp3) is 0.125. The molecule has 0 radical (unpaired) electrons. The van der Waals surface area contributed by atoms with Gasteiger partial charge in [-0.2, -0.15) is 9.37 Å². The fourth-order valence-corrected chi connectivity index (χ4v) is 0.920. The third kappa shape index (κ3) is 1.85. The maximum atomic E-state index is 12.6. The minimum Gasteiger partial charge on any atom is -0.423 e. The maximum absolute atomic E-state index is 12.6. The third-order valence-corrected chi connectivity index (χ3v) is 1.49. The summed E-state index contributed by atoms with van der Waals surface area (Å²) in [4.78, 5) is 7.22. The molecule has 0 saturated heterocycles. The summed E-state index contributed by atoms with van der Waals surface area (Å²) in [5, 5.41) is 3.88. The summed E-state index contributed by atoms with van der Waals surface area (Å²) in [5.74, 6) is -0.276. The zero-order chi connectivity index (χ0) is 9.97. The summed E-state index contributed by atoms with van der Waals surface area (Å²) in [5.41, 5.74) is 0. The Labute approximate surface area is 79.2 Å². The van der Waals surface area contributed by atoms with Crippen molar-refractivity contribution in [1.29, 1.82) is 0 Å². The molecule has 6 heteroatoms. The van der Waals surface area contributed by atoms with Crippen molar-refractivity contribution in [3.05, 3.63) is 30.6 Å². The Kier molecular flexibility index (Phi) is 2.10. The highest BCUT2D eigenvalue weighted by Crippen LogP contribution is 2.16. The molecule has 0 unspecified atom stereocenters. The summed E-state index contributed by atoms with van der Waals surface area (Å²) < 4.78 is 19.3. The molecule has 0 saturated carbocycles. The van der Waals surface area contributed by atoms with Crippen LogP contribution in [0.25, 0.3) is 0 Å². The lowest BCUT2D eigenvalue weighted by Crippen LogP contribution is -1.91. The van der Waals surface area contributed by atoms with Crippen LogP contribution in [0, 0.1) is 5.95 Å². The van der Waals surface area contributed by atoms with E-state index in [0.717, 1.165) is 6.07 Å². The number of hydrogen-bond donors (Lipinski definition) is 0. The molecule has 2 rings (SSSR count). The Morgan fingerprint density at radius 3 is 2.93 bits per heavy atom. The minimum absolute atomic E-state index is 0.179. The summed E-state index contributed by atoms with van der Waals surface area (Å²) >= 11 is 0. The van der Waals surface area contributed by atoms with Gasteiger partial charge in [-0.25, -0.2) is 4.98 Å².